The number of hydrogen-bond donors (Lipinski definition) is 1. The third-order valence-electron chi connectivity index (χ3n) is 2.97. The summed E-state index contributed by atoms with van der Waals surface area (Å²) >= 11 is 3.45. The van der Waals surface area contributed by atoms with E-state index in [1.165, 1.54) is 12.8 Å². The molecule has 1 aromatic rings. The average Bonchev–Trinajstić information content (AvgIpc) is 3.06. The molecule has 1 fully saturated rings. The summed E-state index contributed by atoms with van der Waals surface area (Å²) in [5.74, 6) is 0.887. The lowest BCUT2D eigenvalue weighted by atomic mass is 10.1. The number of benzene rings is 1. The first-order valence-electron chi connectivity index (χ1n) is 5.72. The van der Waals surface area contributed by atoms with Gasteiger partial charge in [-0.3, -0.25) is 4.79 Å². The standard InChI is InChI=1S/C13H16BrNO/c1-9-3-2-4-11(12(9)14)13(16)15-8-7-10-5-6-10/h2-4,10H,5-8H2,1H3,(H,15,16). The highest BCUT2D eigenvalue weighted by molar-refractivity contribution is 9.10. The normalized spacial score (nSPS) is 14.9. The molecular weight excluding hydrogens is 266 g/mol. The van der Waals surface area contributed by atoms with Gasteiger partial charge in [-0.1, -0.05) is 25.0 Å². The van der Waals surface area contributed by atoms with Gasteiger partial charge in [0.1, 0.15) is 0 Å². The van der Waals surface area contributed by atoms with Crippen LogP contribution in [0.2, 0.25) is 0 Å². The molecule has 1 aromatic carbocycles. The predicted molar refractivity (Wildman–Crippen MR) is 68.6 cm³/mol. The largest absolute Gasteiger partial charge is 0.352 e. The fraction of sp³-hybridized carbons (Fsp3) is 0.462. The molecule has 3 heteroatoms. The van der Waals surface area contributed by atoms with E-state index in [-0.39, 0.29) is 5.91 Å². The van der Waals surface area contributed by atoms with Gasteiger partial charge >= 0.3 is 0 Å². The van der Waals surface area contributed by atoms with Gasteiger partial charge in [0.2, 0.25) is 0 Å². The van der Waals surface area contributed by atoms with Crippen molar-refractivity contribution in [2.45, 2.75) is 26.2 Å². The topological polar surface area (TPSA) is 29.1 Å². The zero-order valence-corrected chi connectivity index (χ0v) is 11.0. The molecule has 0 radical (unpaired) electrons. The maximum atomic E-state index is 11.9. The quantitative estimate of drug-likeness (QED) is 0.902. The zero-order chi connectivity index (χ0) is 11.5. The van der Waals surface area contributed by atoms with Gasteiger partial charge < -0.3 is 5.32 Å². The Hall–Kier alpha value is -0.830. The van der Waals surface area contributed by atoms with Crippen LogP contribution in [-0.2, 0) is 0 Å². The zero-order valence-electron chi connectivity index (χ0n) is 9.42. The van der Waals surface area contributed by atoms with E-state index >= 15 is 0 Å². The minimum atomic E-state index is 0.0243. The summed E-state index contributed by atoms with van der Waals surface area (Å²) in [5, 5.41) is 2.97. The highest BCUT2D eigenvalue weighted by Crippen LogP contribution is 2.31. The second-order valence-corrected chi connectivity index (χ2v) is 5.22. The lowest BCUT2D eigenvalue weighted by molar-refractivity contribution is 0.0952. The van der Waals surface area contributed by atoms with Crippen LogP contribution in [0.15, 0.2) is 22.7 Å². The summed E-state index contributed by atoms with van der Waals surface area (Å²) in [7, 11) is 0. The van der Waals surface area contributed by atoms with E-state index in [2.05, 4.69) is 21.2 Å². The van der Waals surface area contributed by atoms with Gasteiger partial charge in [0.25, 0.3) is 5.91 Å². The maximum absolute atomic E-state index is 11.9. The van der Waals surface area contributed by atoms with E-state index in [0.717, 1.165) is 34.5 Å². The van der Waals surface area contributed by atoms with Gasteiger partial charge in [-0.15, -0.1) is 0 Å². The van der Waals surface area contributed by atoms with Gasteiger partial charge in [-0.2, -0.15) is 0 Å². The highest BCUT2D eigenvalue weighted by Gasteiger charge is 2.20. The van der Waals surface area contributed by atoms with E-state index in [4.69, 9.17) is 0 Å². The number of amides is 1. The Labute approximate surface area is 105 Å². The van der Waals surface area contributed by atoms with Crippen LogP contribution >= 0.6 is 15.9 Å². The van der Waals surface area contributed by atoms with Crippen LogP contribution < -0.4 is 5.32 Å². The molecule has 1 N–H and O–H groups in total. The number of aryl methyl sites for hydroxylation is 1. The molecule has 1 aliphatic rings. The monoisotopic (exact) mass is 281 g/mol. The fourth-order valence-corrected chi connectivity index (χ4v) is 2.16. The van der Waals surface area contributed by atoms with Crippen LogP contribution in [0.5, 0.6) is 0 Å². The Morgan fingerprint density at radius 2 is 2.25 bits per heavy atom. The molecular formula is C13H16BrNO. The third kappa shape index (κ3) is 2.85. The molecule has 0 unspecified atom stereocenters. The molecule has 1 aliphatic carbocycles. The molecule has 1 amide bonds. The van der Waals surface area contributed by atoms with Crippen molar-refractivity contribution in [3.8, 4) is 0 Å². The van der Waals surface area contributed by atoms with Gasteiger partial charge in [0.05, 0.1) is 5.56 Å². The van der Waals surface area contributed by atoms with E-state index in [1.807, 2.05) is 25.1 Å². The van der Waals surface area contributed by atoms with Crippen molar-refractivity contribution < 1.29 is 4.79 Å². The van der Waals surface area contributed by atoms with Crippen molar-refractivity contribution in [3.05, 3.63) is 33.8 Å². The summed E-state index contributed by atoms with van der Waals surface area (Å²) in [6.07, 6.45) is 3.79. The van der Waals surface area contributed by atoms with Crippen molar-refractivity contribution in [2.75, 3.05) is 6.54 Å². The van der Waals surface area contributed by atoms with Crippen molar-refractivity contribution in [3.63, 3.8) is 0 Å². The lowest BCUT2D eigenvalue weighted by Gasteiger charge is -2.07. The first kappa shape index (κ1) is 11.6. The maximum Gasteiger partial charge on any atom is 0.252 e. The molecule has 2 nitrogen and oxygen atoms in total. The molecule has 1 saturated carbocycles. The van der Waals surface area contributed by atoms with E-state index < -0.39 is 0 Å². The smallest absolute Gasteiger partial charge is 0.252 e. The Morgan fingerprint density at radius 3 is 2.94 bits per heavy atom. The van der Waals surface area contributed by atoms with Gasteiger partial charge in [-0.25, -0.2) is 0 Å². The molecule has 0 heterocycles. The molecule has 0 spiro atoms. The molecule has 0 bridgehead atoms. The summed E-state index contributed by atoms with van der Waals surface area (Å²) in [6.45, 7) is 2.79. The Morgan fingerprint density at radius 1 is 1.50 bits per heavy atom. The molecule has 86 valence electrons. The molecule has 0 atom stereocenters. The molecule has 0 aromatic heterocycles. The van der Waals surface area contributed by atoms with E-state index in [1.54, 1.807) is 0 Å². The van der Waals surface area contributed by atoms with Gasteiger partial charge in [0, 0.05) is 11.0 Å². The van der Waals surface area contributed by atoms with Crippen LogP contribution in [0.25, 0.3) is 0 Å². The number of carbonyl (C=O) groups excluding carboxylic acids is 1. The Balaban J connectivity index is 1.93. The van der Waals surface area contributed by atoms with Crippen molar-refractivity contribution in [1.82, 2.24) is 5.32 Å². The summed E-state index contributed by atoms with van der Waals surface area (Å²) < 4.78 is 0.902. The highest BCUT2D eigenvalue weighted by atomic mass is 79.9. The van der Waals surface area contributed by atoms with Crippen molar-refractivity contribution in [2.24, 2.45) is 5.92 Å². The Bertz CT molecular complexity index is 399. The summed E-state index contributed by atoms with van der Waals surface area (Å²) in [6, 6.07) is 5.75. The minimum absolute atomic E-state index is 0.0243. The van der Waals surface area contributed by atoms with Gasteiger partial charge in [0.15, 0.2) is 0 Å². The lowest BCUT2D eigenvalue weighted by Crippen LogP contribution is -2.25. The van der Waals surface area contributed by atoms with Crippen LogP contribution in [0, 0.1) is 12.8 Å². The fourth-order valence-electron chi connectivity index (χ4n) is 1.71. The minimum Gasteiger partial charge on any atom is -0.352 e. The first-order valence-corrected chi connectivity index (χ1v) is 6.51. The van der Waals surface area contributed by atoms with Gasteiger partial charge in [-0.05, 0) is 46.8 Å². The Kier molecular flexibility index (Phi) is 3.64. The number of rotatable bonds is 4. The molecule has 0 aliphatic heterocycles. The number of halogens is 1. The number of carbonyl (C=O) groups is 1. The van der Waals surface area contributed by atoms with Crippen LogP contribution in [0.3, 0.4) is 0 Å². The second kappa shape index (κ2) is 5.00. The van der Waals surface area contributed by atoms with Crippen molar-refractivity contribution in [1.29, 1.82) is 0 Å². The molecule has 2 rings (SSSR count). The van der Waals surface area contributed by atoms with Crippen LogP contribution in [0.4, 0.5) is 0 Å². The summed E-state index contributed by atoms with van der Waals surface area (Å²) in [5.41, 5.74) is 1.82. The third-order valence-corrected chi connectivity index (χ3v) is 4.02. The predicted octanol–water partition coefficient (Wildman–Crippen LogP) is 3.29. The van der Waals surface area contributed by atoms with E-state index in [9.17, 15) is 4.79 Å². The second-order valence-electron chi connectivity index (χ2n) is 4.42. The van der Waals surface area contributed by atoms with Crippen LogP contribution in [-0.4, -0.2) is 12.5 Å². The number of nitrogens with one attached hydrogen (secondary N) is 1. The van der Waals surface area contributed by atoms with Crippen molar-refractivity contribution >= 4 is 21.8 Å². The first-order chi connectivity index (χ1) is 7.68. The average molecular weight is 282 g/mol. The number of hydrogen-bond acceptors (Lipinski definition) is 1. The molecule has 16 heavy (non-hydrogen) atoms. The van der Waals surface area contributed by atoms with Crippen LogP contribution in [0.1, 0.15) is 35.2 Å². The SMILES string of the molecule is Cc1cccc(C(=O)NCCC2CC2)c1Br. The summed E-state index contributed by atoms with van der Waals surface area (Å²) in [4.78, 5) is 11.9. The van der Waals surface area contributed by atoms with E-state index in [0.29, 0.717) is 0 Å². The molecule has 0 saturated heterocycles.